The molecule has 0 aromatic heterocycles. The Morgan fingerprint density at radius 2 is 1.84 bits per heavy atom. The molecule has 19 heavy (non-hydrogen) atoms. The summed E-state index contributed by atoms with van der Waals surface area (Å²) in [6.45, 7) is 0. The number of hydrogen-bond donors (Lipinski definition) is 1. The molecule has 0 aliphatic heterocycles. The highest BCUT2D eigenvalue weighted by Crippen LogP contribution is 2.27. The van der Waals surface area contributed by atoms with E-state index in [9.17, 15) is 9.50 Å². The van der Waals surface area contributed by atoms with Crippen molar-refractivity contribution in [2.75, 3.05) is 0 Å². The largest absolute Gasteiger partial charge is 0.388 e. The topological polar surface area (TPSA) is 20.2 Å². The minimum atomic E-state index is -0.725. The number of aliphatic hydroxyl groups is 1. The standard InChI is InChI=1S/C14H10Cl2FIO/c15-11-7-10(17)3-1-8(11)6-14(19)9-2-4-13(18)12(16)5-9/h1-5,7,14,19H,6H2. The Morgan fingerprint density at radius 3 is 2.47 bits per heavy atom. The molecule has 0 amide bonds. The van der Waals surface area contributed by atoms with Gasteiger partial charge in [0.2, 0.25) is 0 Å². The molecule has 0 saturated carbocycles. The zero-order chi connectivity index (χ0) is 14.0. The smallest absolute Gasteiger partial charge is 0.124 e. The minimum Gasteiger partial charge on any atom is -0.388 e. The molecule has 0 spiro atoms. The maximum atomic E-state index is 12.9. The Labute approximate surface area is 134 Å². The molecule has 100 valence electrons. The van der Waals surface area contributed by atoms with Crippen LogP contribution in [-0.2, 0) is 6.42 Å². The second-order valence-corrected chi connectivity index (χ2v) is 6.11. The van der Waals surface area contributed by atoms with Crippen molar-refractivity contribution in [3.8, 4) is 0 Å². The van der Waals surface area contributed by atoms with Crippen LogP contribution in [0.5, 0.6) is 0 Å². The maximum Gasteiger partial charge on any atom is 0.124 e. The monoisotopic (exact) mass is 410 g/mol. The van der Waals surface area contributed by atoms with Crippen molar-refractivity contribution in [2.45, 2.75) is 12.5 Å². The van der Waals surface area contributed by atoms with Gasteiger partial charge in [-0.3, -0.25) is 0 Å². The van der Waals surface area contributed by atoms with Gasteiger partial charge >= 0.3 is 0 Å². The Kier molecular flexibility index (Phi) is 5.06. The maximum absolute atomic E-state index is 12.9. The minimum absolute atomic E-state index is 0.315. The van der Waals surface area contributed by atoms with Gasteiger partial charge in [-0.15, -0.1) is 0 Å². The molecule has 2 aromatic carbocycles. The lowest BCUT2D eigenvalue weighted by molar-refractivity contribution is 0.178. The lowest BCUT2D eigenvalue weighted by Crippen LogP contribution is -2.03. The van der Waals surface area contributed by atoms with Crippen LogP contribution >= 0.6 is 45.8 Å². The summed E-state index contributed by atoms with van der Waals surface area (Å²) >= 11 is 14.1. The number of aliphatic hydroxyl groups excluding tert-OH is 1. The molecule has 0 saturated heterocycles. The van der Waals surface area contributed by atoms with E-state index in [0.717, 1.165) is 3.57 Å². The Balaban J connectivity index is 2.20. The fourth-order valence-corrected chi connectivity index (χ4v) is 2.50. The molecule has 0 aliphatic carbocycles. The molecule has 0 aliphatic rings. The highest BCUT2D eigenvalue weighted by molar-refractivity contribution is 14.1. The van der Waals surface area contributed by atoms with Crippen molar-refractivity contribution in [2.24, 2.45) is 0 Å². The van der Waals surface area contributed by atoms with Gasteiger partial charge < -0.3 is 5.11 Å². The zero-order valence-electron chi connectivity index (χ0n) is 9.71. The summed E-state index contributed by atoms with van der Waals surface area (Å²) in [5.74, 6) is -0.388. The van der Waals surface area contributed by atoms with Crippen LogP contribution < -0.4 is 0 Å². The number of halogens is 4. The summed E-state index contributed by atoms with van der Waals surface area (Å²) in [5.41, 5.74) is 1.41. The van der Waals surface area contributed by atoms with Crippen molar-refractivity contribution in [3.05, 3.63) is 67.0 Å². The zero-order valence-corrected chi connectivity index (χ0v) is 13.4. The molecular weight excluding hydrogens is 401 g/mol. The number of benzene rings is 2. The first-order valence-corrected chi connectivity index (χ1v) is 7.38. The van der Waals surface area contributed by atoms with E-state index >= 15 is 0 Å². The predicted molar refractivity (Wildman–Crippen MR) is 84.2 cm³/mol. The lowest BCUT2D eigenvalue weighted by atomic mass is 10.0. The first-order chi connectivity index (χ1) is 8.97. The van der Waals surface area contributed by atoms with Crippen molar-refractivity contribution >= 4 is 45.8 Å². The summed E-state index contributed by atoms with van der Waals surface area (Å²) in [5, 5.41) is 11.1. The second kappa shape index (κ2) is 6.39. The third-order valence-electron chi connectivity index (χ3n) is 2.76. The molecule has 5 heteroatoms. The summed E-state index contributed by atoms with van der Waals surface area (Å²) in [4.78, 5) is 0. The van der Waals surface area contributed by atoms with Gasteiger partial charge in [-0.1, -0.05) is 35.3 Å². The van der Waals surface area contributed by atoms with E-state index in [4.69, 9.17) is 23.2 Å². The Morgan fingerprint density at radius 1 is 1.11 bits per heavy atom. The van der Waals surface area contributed by atoms with E-state index in [1.54, 1.807) is 12.1 Å². The number of hydrogen-bond acceptors (Lipinski definition) is 1. The van der Waals surface area contributed by atoms with Gasteiger partial charge in [0.05, 0.1) is 11.1 Å². The molecule has 0 heterocycles. The van der Waals surface area contributed by atoms with Crippen LogP contribution in [0, 0.1) is 9.39 Å². The SMILES string of the molecule is OC(Cc1ccc(F)cc1Cl)c1ccc(I)c(Cl)c1. The van der Waals surface area contributed by atoms with E-state index in [1.165, 1.54) is 12.1 Å². The van der Waals surface area contributed by atoms with E-state index in [-0.39, 0.29) is 5.82 Å². The van der Waals surface area contributed by atoms with Crippen LogP contribution in [0.3, 0.4) is 0 Å². The second-order valence-electron chi connectivity index (χ2n) is 4.13. The average Bonchev–Trinajstić information content (AvgIpc) is 2.36. The molecule has 1 nitrogen and oxygen atoms in total. The van der Waals surface area contributed by atoms with Crippen molar-refractivity contribution in [1.82, 2.24) is 0 Å². The molecule has 2 aromatic rings. The molecular formula is C14H10Cl2FIO. The molecule has 1 N–H and O–H groups in total. The van der Waals surface area contributed by atoms with E-state index in [0.29, 0.717) is 27.6 Å². The molecule has 0 radical (unpaired) electrons. The molecule has 0 fully saturated rings. The van der Waals surface area contributed by atoms with Crippen molar-refractivity contribution in [3.63, 3.8) is 0 Å². The third-order valence-corrected chi connectivity index (χ3v) is 4.68. The summed E-state index contributed by atoms with van der Waals surface area (Å²) in [6.07, 6.45) is -0.409. The summed E-state index contributed by atoms with van der Waals surface area (Å²) < 4.78 is 13.9. The number of rotatable bonds is 3. The quantitative estimate of drug-likeness (QED) is 0.705. The Hall–Kier alpha value is -0.360. The van der Waals surface area contributed by atoms with Gasteiger partial charge in [0.25, 0.3) is 0 Å². The van der Waals surface area contributed by atoms with Gasteiger partial charge in [-0.25, -0.2) is 4.39 Å². The van der Waals surface area contributed by atoms with Crippen LogP contribution in [-0.4, -0.2) is 5.11 Å². The fourth-order valence-electron chi connectivity index (χ4n) is 1.73. The van der Waals surface area contributed by atoms with Crippen LogP contribution in [0.4, 0.5) is 4.39 Å². The Bertz CT molecular complexity index is 604. The first-order valence-electron chi connectivity index (χ1n) is 5.54. The van der Waals surface area contributed by atoms with Gasteiger partial charge in [-0.05, 0) is 58.0 Å². The van der Waals surface area contributed by atoms with Crippen LogP contribution in [0.15, 0.2) is 36.4 Å². The molecule has 0 bridgehead atoms. The van der Waals surface area contributed by atoms with Gasteiger partial charge in [0, 0.05) is 15.0 Å². The lowest BCUT2D eigenvalue weighted by Gasteiger charge is -2.13. The third kappa shape index (κ3) is 3.81. The van der Waals surface area contributed by atoms with Gasteiger partial charge in [-0.2, -0.15) is 0 Å². The van der Waals surface area contributed by atoms with Crippen LogP contribution in [0.25, 0.3) is 0 Å². The van der Waals surface area contributed by atoms with E-state index < -0.39 is 6.10 Å². The fraction of sp³-hybridized carbons (Fsp3) is 0.143. The van der Waals surface area contributed by atoms with E-state index in [1.807, 2.05) is 12.1 Å². The van der Waals surface area contributed by atoms with Crippen LogP contribution in [0.2, 0.25) is 10.0 Å². The predicted octanol–water partition coefficient (Wildman–Crippen LogP) is 5.01. The average molecular weight is 411 g/mol. The summed E-state index contributed by atoms with van der Waals surface area (Å²) in [7, 11) is 0. The molecule has 2 rings (SSSR count). The van der Waals surface area contributed by atoms with Gasteiger partial charge in [0.1, 0.15) is 5.82 Å². The normalized spacial score (nSPS) is 12.5. The van der Waals surface area contributed by atoms with E-state index in [2.05, 4.69) is 22.6 Å². The first kappa shape index (κ1) is 15.0. The van der Waals surface area contributed by atoms with Crippen molar-refractivity contribution in [1.29, 1.82) is 0 Å². The summed E-state index contributed by atoms with van der Waals surface area (Å²) in [6, 6.07) is 9.53. The molecule has 1 atom stereocenters. The van der Waals surface area contributed by atoms with Crippen LogP contribution in [0.1, 0.15) is 17.2 Å². The highest BCUT2D eigenvalue weighted by Gasteiger charge is 2.12. The van der Waals surface area contributed by atoms with Crippen molar-refractivity contribution < 1.29 is 9.50 Å². The molecule has 1 unspecified atom stereocenters. The van der Waals surface area contributed by atoms with Gasteiger partial charge in [0.15, 0.2) is 0 Å². The highest BCUT2D eigenvalue weighted by atomic mass is 127.